The fourth-order valence-corrected chi connectivity index (χ4v) is 1.69. The molecule has 0 N–H and O–H groups in total. The van der Waals surface area contributed by atoms with Crippen LogP contribution in [0, 0.1) is 0 Å². The van der Waals surface area contributed by atoms with Crippen LogP contribution in [0.25, 0.3) is 0 Å². The number of hydrogen-bond donors (Lipinski definition) is 0. The van der Waals surface area contributed by atoms with Crippen LogP contribution in [-0.2, 0) is 16.0 Å². The van der Waals surface area contributed by atoms with Gasteiger partial charge in [0.2, 0.25) is 0 Å². The number of hydrogen-bond acceptors (Lipinski definition) is 2. The molecule has 0 spiro atoms. The van der Waals surface area contributed by atoms with E-state index in [1.165, 1.54) is 0 Å². The Balaban J connectivity index is 2.74. The van der Waals surface area contributed by atoms with Gasteiger partial charge >= 0.3 is 11.4 Å². The van der Waals surface area contributed by atoms with Crippen LogP contribution in [0.4, 0.5) is 8.78 Å². The van der Waals surface area contributed by atoms with Crippen molar-refractivity contribution >= 4 is 17.6 Å². The fraction of sp³-hybridized carbons (Fsp3) is 0.357. The lowest BCUT2D eigenvalue weighted by atomic mass is 10.0. The fourth-order valence-electron chi connectivity index (χ4n) is 1.55. The van der Waals surface area contributed by atoms with Crippen molar-refractivity contribution in [3.8, 4) is 0 Å². The van der Waals surface area contributed by atoms with Crippen molar-refractivity contribution in [2.24, 2.45) is 0 Å². The molecule has 1 aromatic carbocycles. The van der Waals surface area contributed by atoms with E-state index in [1.54, 1.807) is 6.92 Å². The Morgan fingerprint density at radius 3 is 2.53 bits per heavy atom. The summed E-state index contributed by atoms with van der Waals surface area (Å²) in [4.78, 5) is 11.2. The molecule has 0 atom stereocenters. The van der Waals surface area contributed by atoms with E-state index < -0.39 is 16.9 Å². The van der Waals surface area contributed by atoms with Crippen LogP contribution < -0.4 is 0 Å². The highest BCUT2D eigenvalue weighted by Crippen LogP contribution is 2.31. The second-order valence-electron chi connectivity index (χ2n) is 3.90. The van der Waals surface area contributed by atoms with Gasteiger partial charge in [-0.15, -0.1) is 0 Å². The maximum atomic E-state index is 13.2. The number of ether oxygens (including phenoxy) is 1. The molecule has 0 saturated heterocycles. The molecular formula is C14H15ClF2O2. The number of benzene rings is 1. The van der Waals surface area contributed by atoms with Crippen molar-refractivity contribution in [1.82, 2.24) is 0 Å². The Morgan fingerprint density at radius 1 is 1.37 bits per heavy atom. The third-order valence-electron chi connectivity index (χ3n) is 2.47. The smallest absolute Gasteiger partial charge is 0.344 e. The molecular weight excluding hydrogens is 274 g/mol. The minimum atomic E-state index is -3.54. The summed E-state index contributed by atoms with van der Waals surface area (Å²) < 4.78 is 31.0. The molecule has 0 amide bonds. The largest absolute Gasteiger partial charge is 0.463 e. The monoisotopic (exact) mass is 288 g/mol. The quantitative estimate of drug-likeness (QED) is 0.450. The van der Waals surface area contributed by atoms with Gasteiger partial charge in [-0.2, -0.15) is 8.78 Å². The maximum absolute atomic E-state index is 13.2. The predicted molar refractivity (Wildman–Crippen MR) is 70.3 cm³/mol. The average Bonchev–Trinajstić information content (AvgIpc) is 2.34. The third kappa shape index (κ3) is 5.83. The lowest BCUT2D eigenvalue weighted by molar-refractivity contribution is -0.137. The zero-order valence-electron chi connectivity index (χ0n) is 10.5. The van der Waals surface area contributed by atoms with E-state index >= 15 is 0 Å². The van der Waals surface area contributed by atoms with Gasteiger partial charge in [0, 0.05) is 11.6 Å². The molecule has 2 nitrogen and oxygen atoms in total. The number of rotatable bonds is 6. The molecule has 0 heterocycles. The Hall–Kier alpha value is -1.42. The summed E-state index contributed by atoms with van der Waals surface area (Å²) in [6.07, 6.45) is 1.16. The molecule has 0 aliphatic rings. The van der Waals surface area contributed by atoms with E-state index in [2.05, 4.69) is 4.74 Å². The minimum absolute atomic E-state index is 0.000667. The standard InChI is InChI=1S/C14H15ClF2O2/c1-2-19-13(18)10-12(14(15,16)17)9-8-11-6-4-3-5-7-11/h3-7,10H,2,8-9H2,1H3/b12-10+. The third-order valence-corrected chi connectivity index (χ3v) is 2.71. The molecule has 104 valence electrons. The van der Waals surface area contributed by atoms with E-state index in [0.717, 1.165) is 11.6 Å². The Bertz CT molecular complexity index is 439. The van der Waals surface area contributed by atoms with Crippen molar-refractivity contribution in [1.29, 1.82) is 0 Å². The van der Waals surface area contributed by atoms with Crippen molar-refractivity contribution in [3.63, 3.8) is 0 Å². The maximum Gasteiger partial charge on any atom is 0.344 e. The van der Waals surface area contributed by atoms with Crippen LogP contribution >= 0.6 is 11.6 Å². The highest BCUT2D eigenvalue weighted by atomic mass is 35.5. The van der Waals surface area contributed by atoms with Crippen molar-refractivity contribution in [2.45, 2.75) is 25.1 Å². The number of carbonyl (C=O) groups is 1. The zero-order valence-corrected chi connectivity index (χ0v) is 11.3. The minimum Gasteiger partial charge on any atom is -0.463 e. The highest BCUT2D eigenvalue weighted by molar-refractivity contribution is 6.23. The van der Waals surface area contributed by atoms with Crippen molar-refractivity contribution < 1.29 is 18.3 Å². The molecule has 0 aliphatic carbocycles. The summed E-state index contributed by atoms with van der Waals surface area (Å²) in [5.74, 6) is -0.800. The van der Waals surface area contributed by atoms with Gasteiger partial charge in [-0.3, -0.25) is 0 Å². The zero-order chi connectivity index (χ0) is 14.3. The summed E-state index contributed by atoms with van der Waals surface area (Å²) in [6.45, 7) is 1.74. The molecule has 1 aromatic rings. The first-order valence-corrected chi connectivity index (χ1v) is 6.29. The highest BCUT2D eigenvalue weighted by Gasteiger charge is 2.31. The van der Waals surface area contributed by atoms with Gasteiger partial charge < -0.3 is 4.74 Å². The van der Waals surface area contributed by atoms with Crippen LogP contribution in [0.2, 0.25) is 0 Å². The molecule has 5 heteroatoms. The van der Waals surface area contributed by atoms with Gasteiger partial charge in [-0.1, -0.05) is 30.3 Å². The molecule has 0 bridgehead atoms. The van der Waals surface area contributed by atoms with Crippen LogP contribution in [0.15, 0.2) is 42.0 Å². The summed E-state index contributed by atoms with van der Waals surface area (Å²) >= 11 is 5.00. The number of halogens is 3. The van der Waals surface area contributed by atoms with Crippen LogP contribution in [0.1, 0.15) is 18.9 Å². The number of carbonyl (C=O) groups excluding carboxylic acids is 1. The molecule has 0 aromatic heterocycles. The topological polar surface area (TPSA) is 26.3 Å². The first-order chi connectivity index (χ1) is 8.93. The van der Waals surface area contributed by atoms with Gasteiger partial charge in [-0.25, -0.2) is 4.79 Å². The Morgan fingerprint density at radius 2 is 2.00 bits per heavy atom. The second kappa shape index (κ2) is 7.24. The van der Waals surface area contributed by atoms with E-state index in [-0.39, 0.29) is 13.0 Å². The number of alkyl halides is 3. The van der Waals surface area contributed by atoms with Gasteiger partial charge in [0.05, 0.1) is 6.61 Å². The van der Waals surface area contributed by atoms with Crippen LogP contribution in [-0.4, -0.2) is 18.0 Å². The Labute approximate surface area is 116 Å². The molecule has 0 fully saturated rings. The summed E-state index contributed by atoms with van der Waals surface area (Å²) in [6, 6.07) is 9.14. The number of esters is 1. The van der Waals surface area contributed by atoms with E-state index in [0.29, 0.717) is 6.42 Å². The van der Waals surface area contributed by atoms with Gasteiger partial charge in [0.1, 0.15) is 0 Å². The second-order valence-corrected chi connectivity index (χ2v) is 4.38. The lowest BCUT2D eigenvalue weighted by Crippen LogP contribution is -2.14. The van der Waals surface area contributed by atoms with Gasteiger partial charge in [0.25, 0.3) is 0 Å². The summed E-state index contributed by atoms with van der Waals surface area (Å²) in [5.41, 5.74) is 0.467. The van der Waals surface area contributed by atoms with E-state index in [4.69, 9.17) is 11.6 Å². The lowest BCUT2D eigenvalue weighted by Gasteiger charge is -2.13. The van der Waals surface area contributed by atoms with E-state index in [9.17, 15) is 13.6 Å². The normalized spacial score (nSPS) is 12.3. The summed E-state index contributed by atoms with van der Waals surface area (Å²) in [5, 5.41) is -3.54. The molecule has 0 unspecified atom stereocenters. The number of aryl methyl sites for hydroxylation is 1. The average molecular weight is 289 g/mol. The summed E-state index contributed by atoms with van der Waals surface area (Å²) in [7, 11) is 0. The molecule has 19 heavy (non-hydrogen) atoms. The van der Waals surface area contributed by atoms with Gasteiger partial charge in [0.15, 0.2) is 0 Å². The Kier molecular flexibility index (Phi) is 5.96. The van der Waals surface area contributed by atoms with E-state index in [1.807, 2.05) is 30.3 Å². The number of allylic oxidation sites excluding steroid dienone is 1. The van der Waals surface area contributed by atoms with Crippen LogP contribution in [0.5, 0.6) is 0 Å². The molecule has 0 saturated carbocycles. The molecule has 0 radical (unpaired) electrons. The van der Waals surface area contributed by atoms with Crippen molar-refractivity contribution in [3.05, 3.63) is 47.5 Å². The van der Waals surface area contributed by atoms with Gasteiger partial charge in [-0.05, 0) is 36.9 Å². The first-order valence-electron chi connectivity index (χ1n) is 5.92. The van der Waals surface area contributed by atoms with Crippen molar-refractivity contribution in [2.75, 3.05) is 6.61 Å². The molecule has 0 aliphatic heterocycles. The predicted octanol–water partition coefficient (Wildman–Crippen LogP) is 3.94. The van der Waals surface area contributed by atoms with Crippen LogP contribution in [0.3, 0.4) is 0 Å². The molecule has 1 rings (SSSR count). The SMILES string of the molecule is CCOC(=O)/C=C(\CCc1ccccc1)C(F)(F)Cl. The first kappa shape index (κ1) is 15.6.